The molecule has 0 radical (unpaired) electrons. The SMILES string of the molecule is COc1cccc([C@@H](C)NC(=O)N2CC[C@H](c3ccncc3)C[C@@H]2C)c1. The molecule has 2 aromatic rings. The van der Waals surface area contributed by atoms with Gasteiger partial charge in [-0.1, -0.05) is 12.1 Å². The zero-order chi connectivity index (χ0) is 18.5. The van der Waals surface area contributed by atoms with Crippen molar-refractivity contribution in [3.8, 4) is 5.75 Å². The van der Waals surface area contributed by atoms with Gasteiger partial charge in [0.15, 0.2) is 0 Å². The second-order valence-electron chi connectivity index (χ2n) is 6.99. The van der Waals surface area contributed by atoms with Crippen LogP contribution in [-0.2, 0) is 0 Å². The molecule has 138 valence electrons. The molecule has 5 heteroatoms. The Kier molecular flexibility index (Phi) is 5.76. The van der Waals surface area contributed by atoms with Crippen LogP contribution in [0, 0.1) is 0 Å². The van der Waals surface area contributed by atoms with E-state index in [2.05, 4.69) is 29.4 Å². The number of nitrogens with one attached hydrogen (secondary N) is 1. The molecule has 0 unspecified atom stereocenters. The summed E-state index contributed by atoms with van der Waals surface area (Å²) in [6.07, 6.45) is 5.64. The van der Waals surface area contributed by atoms with Crippen LogP contribution in [0.5, 0.6) is 5.75 Å². The van der Waals surface area contributed by atoms with Crippen molar-refractivity contribution in [2.45, 2.75) is 44.7 Å². The zero-order valence-corrected chi connectivity index (χ0v) is 15.7. The molecule has 1 aliphatic heterocycles. The Bertz CT molecular complexity index is 735. The number of carbonyl (C=O) groups is 1. The molecule has 26 heavy (non-hydrogen) atoms. The number of aromatic nitrogens is 1. The third-order valence-corrected chi connectivity index (χ3v) is 5.25. The number of hydrogen-bond acceptors (Lipinski definition) is 3. The molecule has 3 atom stereocenters. The first kappa shape index (κ1) is 18.2. The summed E-state index contributed by atoms with van der Waals surface area (Å²) in [6.45, 7) is 4.90. The van der Waals surface area contributed by atoms with Gasteiger partial charge in [-0.2, -0.15) is 0 Å². The van der Waals surface area contributed by atoms with Crippen LogP contribution in [0.4, 0.5) is 4.79 Å². The number of pyridine rings is 1. The van der Waals surface area contributed by atoms with Crippen LogP contribution in [0.1, 0.15) is 49.8 Å². The molecular formula is C21H27N3O2. The number of methoxy groups -OCH3 is 1. The molecule has 1 N–H and O–H groups in total. The van der Waals surface area contributed by atoms with Crippen molar-refractivity contribution in [2.75, 3.05) is 13.7 Å². The molecule has 3 rings (SSSR count). The van der Waals surface area contributed by atoms with E-state index in [1.165, 1.54) is 5.56 Å². The lowest BCUT2D eigenvalue weighted by Crippen LogP contribution is -2.49. The number of ether oxygens (including phenoxy) is 1. The molecule has 1 saturated heterocycles. The lowest BCUT2D eigenvalue weighted by Gasteiger charge is -2.38. The van der Waals surface area contributed by atoms with E-state index in [1.807, 2.05) is 48.5 Å². The van der Waals surface area contributed by atoms with E-state index in [1.54, 1.807) is 7.11 Å². The van der Waals surface area contributed by atoms with Gasteiger partial charge >= 0.3 is 6.03 Å². The summed E-state index contributed by atoms with van der Waals surface area (Å²) in [6, 6.07) is 12.1. The lowest BCUT2D eigenvalue weighted by molar-refractivity contribution is 0.148. The van der Waals surface area contributed by atoms with Crippen LogP contribution >= 0.6 is 0 Å². The van der Waals surface area contributed by atoms with Gasteiger partial charge in [-0.25, -0.2) is 4.79 Å². The normalized spacial score (nSPS) is 21.1. The van der Waals surface area contributed by atoms with Crippen molar-refractivity contribution in [1.29, 1.82) is 0 Å². The first-order chi connectivity index (χ1) is 12.6. The highest BCUT2D eigenvalue weighted by Crippen LogP contribution is 2.31. The van der Waals surface area contributed by atoms with E-state index < -0.39 is 0 Å². The second kappa shape index (κ2) is 8.21. The number of carbonyl (C=O) groups excluding carboxylic acids is 1. The summed E-state index contributed by atoms with van der Waals surface area (Å²) < 4.78 is 5.27. The molecule has 2 heterocycles. The molecule has 0 aliphatic carbocycles. The van der Waals surface area contributed by atoms with E-state index in [0.29, 0.717) is 5.92 Å². The first-order valence-corrected chi connectivity index (χ1v) is 9.19. The molecule has 0 bridgehead atoms. The van der Waals surface area contributed by atoms with Gasteiger partial charge in [0, 0.05) is 25.0 Å². The Morgan fingerprint density at radius 2 is 2.08 bits per heavy atom. The average molecular weight is 353 g/mol. The fourth-order valence-electron chi connectivity index (χ4n) is 3.67. The van der Waals surface area contributed by atoms with Crippen molar-refractivity contribution in [3.63, 3.8) is 0 Å². The van der Waals surface area contributed by atoms with Crippen molar-refractivity contribution in [2.24, 2.45) is 0 Å². The Labute approximate surface area is 155 Å². The van der Waals surface area contributed by atoms with Crippen LogP contribution in [-0.4, -0.2) is 35.6 Å². The predicted octanol–water partition coefficient (Wildman–Crippen LogP) is 4.13. The standard InChI is InChI=1S/C21H27N3O2/c1-15-13-19(17-7-10-22-11-8-17)9-12-24(15)21(25)23-16(2)18-5-4-6-20(14-18)26-3/h4-8,10-11,14-16,19H,9,12-13H2,1-3H3,(H,23,25)/t15-,16+,19-/m0/s1. The number of piperidine rings is 1. The van der Waals surface area contributed by atoms with Gasteiger partial charge < -0.3 is 15.0 Å². The summed E-state index contributed by atoms with van der Waals surface area (Å²) >= 11 is 0. The highest BCUT2D eigenvalue weighted by atomic mass is 16.5. The van der Waals surface area contributed by atoms with Gasteiger partial charge in [0.1, 0.15) is 5.75 Å². The van der Waals surface area contributed by atoms with Crippen LogP contribution in [0.25, 0.3) is 0 Å². The Hall–Kier alpha value is -2.56. The molecule has 1 aliphatic rings. The molecule has 5 nitrogen and oxygen atoms in total. The summed E-state index contributed by atoms with van der Waals surface area (Å²) in [5.41, 5.74) is 2.36. The van der Waals surface area contributed by atoms with Gasteiger partial charge in [0.05, 0.1) is 13.2 Å². The van der Waals surface area contributed by atoms with E-state index in [4.69, 9.17) is 4.74 Å². The Balaban J connectivity index is 1.60. The maximum absolute atomic E-state index is 12.8. The minimum absolute atomic E-state index is 0.000924. The monoisotopic (exact) mass is 353 g/mol. The summed E-state index contributed by atoms with van der Waals surface area (Å²) in [7, 11) is 1.65. The highest BCUT2D eigenvalue weighted by Gasteiger charge is 2.30. The third-order valence-electron chi connectivity index (χ3n) is 5.25. The van der Waals surface area contributed by atoms with E-state index in [9.17, 15) is 4.79 Å². The van der Waals surface area contributed by atoms with Crippen LogP contribution in [0.15, 0.2) is 48.8 Å². The van der Waals surface area contributed by atoms with E-state index in [0.717, 1.165) is 30.7 Å². The predicted molar refractivity (Wildman–Crippen MR) is 102 cm³/mol. The fourth-order valence-corrected chi connectivity index (χ4v) is 3.67. The maximum Gasteiger partial charge on any atom is 0.318 e. The van der Waals surface area contributed by atoms with Crippen molar-refractivity contribution < 1.29 is 9.53 Å². The van der Waals surface area contributed by atoms with Gasteiger partial charge in [-0.3, -0.25) is 4.98 Å². The van der Waals surface area contributed by atoms with Gasteiger partial charge in [-0.15, -0.1) is 0 Å². The first-order valence-electron chi connectivity index (χ1n) is 9.19. The van der Waals surface area contributed by atoms with Crippen LogP contribution in [0.3, 0.4) is 0 Å². The Morgan fingerprint density at radius 3 is 2.77 bits per heavy atom. The zero-order valence-electron chi connectivity index (χ0n) is 15.7. The van der Waals surface area contributed by atoms with Crippen molar-refractivity contribution >= 4 is 6.03 Å². The number of nitrogens with zero attached hydrogens (tertiary/aromatic N) is 2. The number of likely N-dealkylation sites (tertiary alicyclic amines) is 1. The van der Waals surface area contributed by atoms with E-state index in [-0.39, 0.29) is 18.1 Å². The fraction of sp³-hybridized carbons (Fsp3) is 0.429. The van der Waals surface area contributed by atoms with E-state index >= 15 is 0 Å². The highest BCUT2D eigenvalue weighted by molar-refractivity contribution is 5.75. The number of rotatable bonds is 4. The average Bonchev–Trinajstić information content (AvgIpc) is 2.68. The summed E-state index contributed by atoms with van der Waals surface area (Å²) in [4.78, 5) is 18.8. The second-order valence-corrected chi connectivity index (χ2v) is 6.99. The summed E-state index contributed by atoms with van der Waals surface area (Å²) in [5.74, 6) is 1.29. The van der Waals surface area contributed by atoms with Gasteiger partial charge in [0.25, 0.3) is 0 Å². The smallest absolute Gasteiger partial charge is 0.318 e. The van der Waals surface area contributed by atoms with Crippen LogP contribution < -0.4 is 10.1 Å². The third kappa shape index (κ3) is 4.15. The number of amides is 2. The number of benzene rings is 1. The van der Waals surface area contributed by atoms with Crippen molar-refractivity contribution in [1.82, 2.24) is 15.2 Å². The molecular weight excluding hydrogens is 326 g/mol. The molecule has 2 amide bonds. The quantitative estimate of drug-likeness (QED) is 0.899. The minimum atomic E-state index is -0.0669. The molecule has 1 aromatic carbocycles. The maximum atomic E-state index is 12.8. The molecule has 1 fully saturated rings. The van der Waals surface area contributed by atoms with Crippen LogP contribution in [0.2, 0.25) is 0 Å². The van der Waals surface area contributed by atoms with Gasteiger partial charge in [-0.05, 0) is 68.0 Å². The van der Waals surface area contributed by atoms with Gasteiger partial charge in [0.2, 0.25) is 0 Å². The molecule has 0 spiro atoms. The van der Waals surface area contributed by atoms with Crippen molar-refractivity contribution in [3.05, 3.63) is 59.9 Å². The molecule has 0 saturated carbocycles. The molecule has 1 aromatic heterocycles. The topological polar surface area (TPSA) is 54.5 Å². The summed E-state index contributed by atoms with van der Waals surface area (Å²) in [5, 5.41) is 3.12. The largest absolute Gasteiger partial charge is 0.497 e. The Morgan fingerprint density at radius 1 is 1.31 bits per heavy atom. The number of urea groups is 1. The lowest BCUT2D eigenvalue weighted by atomic mass is 9.86. The minimum Gasteiger partial charge on any atom is -0.497 e. The number of hydrogen-bond donors (Lipinski definition) is 1.